The summed E-state index contributed by atoms with van der Waals surface area (Å²) in [7, 11) is 0. The lowest BCUT2D eigenvalue weighted by Gasteiger charge is -2.13. The van der Waals surface area contributed by atoms with Gasteiger partial charge < -0.3 is 10.6 Å². The average Bonchev–Trinajstić information content (AvgIpc) is 2.68. The second-order valence-corrected chi connectivity index (χ2v) is 8.29. The number of anilines is 1. The highest BCUT2D eigenvalue weighted by Gasteiger charge is 2.07. The second-order valence-electron chi connectivity index (χ2n) is 7.37. The van der Waals surface area contributed by atoms with Crippen molar-refractivity contribution in [1.29, 1.82) is 0 Å². The van der Waals surface area contributed by atoms with E-state index >= 15 is 0 Å². The van der Waals surface area contributed by atoms with Crippen LogP contribution in [0.15, 0.2) is 71.3 Å². The summed E-state index contributed by atoms with van der Waals surface area (Å²) in [5, 5.41) is 5.84. The number of nitrogens with zero attached hydrogens (tertiary/aromatic N) is 1. The molecular weight excluding hydrogens is 426 g/mol. The Labute approximate surface area is 180 Å². The largest absolute Gasteiger partial charge is 0.338 e. The van der Waals surface area contributed by atoms with Crippen molar-refractivity contribution in [2.75, 3.05) is 11.9 Å². The van der Waals surface area contributed by atoms with E-state index in [4.69, 9.17) is 0 Å². The second kappa shape index (κ2) is 10.2. The molecule has 29 heavy (non-hydrogen) atoms. The molecule has 1 unspecified atom stereocenters. The number of hydrogen-bond donors (Lipinski definition) is 2. The van der Waals surface area contributed by atoms with Crippen molar-refractivity contribution in [3.63, 3.8) is 0 Å². The molecule has 1 heterocycles. The molecule has 4 nitrogen and oxygen atoms in total. The number of halogens is 1. The van der Waals surface area contributed by atoms with Gasteiger partial charge in [0.05, 0.1) is 0 Å². The summed E-state index contributed by atoms with van der Waals surface area (Å²) in [6.07, 6.45) is 3.74. The van der Waals surface area contributed by atoms with Crippen LogP contribution in [-0.4, -0.2) is 17.6 Å². The van der Waals surface area contributed by atoms with E-state index in [0.29, 0.717) is 12.5 Å². The van der Waals surface area contributed by atoms with Gasteiger partial charge in [-0.05, 0) is 78.8 Å². The fraction of sp³-hybridized carbons (Fsp3) is 0.250. The molecule has 0 aliphatic heterocycles. The number of hydrogen-bond acceptors (Lipinski definition) is 2. The van der Waals surface area contributed by atoms with Gasteiger partial charge in [-0.2, -0.15) is 0 Å². The monoisotopic (exact) mass is 451 g/mol. The highest BCUT2D eigenvalue weighted by molar-refractivity contribution is 9.10. The van der Waals surface area contributed by atoms with Gasteiger partial charge in [0.2, 0.25) is 0 Å². The quantitative estimate of drug-likeness (QED) is 0.448. The first-order valence-electron chi connectivity index (χ1n) is 9.82. The van der Waals surface area contributed by atoms with Crippen molar-refractivity contribution in [1.82, 2.24) is 10.3 Å². The topological polar surface area (TPSA) is 54.0 Å². The van der Waals surface area contributed by atoms with E-state index in [1.165, 1.54) is 5.56 Å². The fourth-order valence-electron chi connectivity index (χ4n) is 3.25. The van der Waals surface area contributed by atoms with E-state index in [0.717, 1.165) is 39.8 Å². The van der Waals surface area contributed by atoms with Crippen LogP contribution in [0.25, 0.3) is 11.1 Å². The summed E-state index contributed by atoms with van der Waals surface area (Å²) in [4.78, 5) is 16.4. The van der Waals surface area contributed by atoms with Crippen molar-refractivity contribution in [3.05, 3.63) is 82.6 Å². The van der Waals surface area contributed by atoms with Gasteiger partial charge in [-0.1, -0.05) is 47.1 Å². The number of aryl methyl sites for hydroxylation is 1. The SMILES string of the molecule is Cc1cc(-c2ccc(NC(=O)NCCC(C)Cc3cccc(Br)c3)cc2)ccn1. The van der Waals surface area contributed by atoms with Crippen molar-refractivity contribution in [2.45, 2.75) is 26.7 Å². The zero-order chi connectivity index (χ0) is 20.6. The Morgan fingerprint density at radius 3 is 2.59 bits per heavy atom. The van der Waals surface area contributed by atoms with E-state index in [1.54, 1.807) is 0 Å². The number of aromatic nitrogens is 1. The van der Waals surface area contributed by atoms with Crippen LogP contribution in [0.5, 0.6) is 0 Å². The van der Waals surface area contributed by atoms with Crippen LogP contribution in [0.1, 0.15) is 24.6 Å². The molecule has 0 fully saturated rings. The Morgan fingerprint density at radius 1 is 1.07 bits per heavy atom. The predicted molar refractivity (Wildman–Crippen MR) is 123 cm³/mol. The number of carbonyl (C=O) groups excluding carboxylic acids is 1. The third kappa shape index (κ3) is 6.71. The third-order valence-electron chi connectivity index (χ3n) is 4.77. The first-order valence-corrected chi connectivity index (χ1v) is 10.6. The first kappa shape index (κ1) is 21.1. The molecular formula is C24H26BrN3O. The highest BCUT2D eigenvalue weighted by atomic mass is 79.9. The van der Waals surface area contributed by atoms with Crippen molar-refractivity contribution in [2.24, 2.45) is 5.92 Å². The lowest BCUT2D eigenvalue weighted by Crippen LogP contribution is -2.30. The van der Waals surface area contributed by atoms with Crippen molar-refractivity contribution >= 4 is 27.6 Å². The molecule has 0 aliphatic carbocycles. The number of urea groups is 1. The van der Waals surface area contributed by atoms with E-state index in [2.05, 4.69) is 56.7 Å². The smallest absolute Gasteiger partial charge is 0.319 e. The van der Waals surface area contributed by atoms with E-state index < -0.39 is 0 Å². The molecule has 0 saturated heterocycles. The minimum atomic E-state index is -0.174. The number of pyridine rings is 1. The Hall–Kier alpha value is -2.66. The summed E-state index contributed by atoms with van der Waals surface area (Å²) < 4.78 is 1.10. The molecule has 3 rings (SSSR count). The highest BCUT2D eigenvalue weighted by Crippen LogP contribution is 2.21. The zero-order valence-electron chi connectivity index (χ0n) is 16.8. The van der Waals surface area contributed by atoms with Crippen molar-refractivity contribution < 1.29 is 4.79 Å². The minimum absolute atomic E-state index is 0.174. The normalized spacial score (nSPS) is 11.7. The summed E-state index contributed by atoms with van der Waals surface area (Å²) in [6, 6.07) is 20.1. The molecule has 1 atom stereocenters. The summed E-state index contributed by atoms with van der Waals surface area (Å²) in [6.45, 7) is 4.83. The van der Waals surface area contributed by atoms with Gasteiger partial charge in [-0.15, -0.1) is 0 Å². The lowest BCUT2D eigenvalue weighted by molar-refractivity contribution is 0.251. The summed E-state index contributed by atoms with van der Waals surface area (Å²) >= 11 is 3.51. The summed E-state index contributed by atoms with van der Waals surface area (Å²) in [5.74, 6) is 0.493. The Morgan fingerprint density at radius 2 is 1.86 bits per heavy atom. The molecule has 150 valence electrons. The van der Waals surface area contributed by atoms with E-state index in [1.807, 2.05) is 55.6 Å². The van der Waals surface area contributed by atoms with Gasteiger partial charge in [-0.25, -0.2) is 4.79 Å². The molecule has 0 radical (unpaired) electrons. The molecule has 0 bridgehead atoms. The van der Waals surface area contributed by atoms with Crippen LogP contribution in [0.2, 0.25) is 0 Å². The number of rotatable bonds is 7. The summed E-state index contributed by atoms with van der Waals surface area (Å²) in [5.41, 5.74) is 5.29. The van der Waals surface area contributed by atoms with Gasteiger partial charge in [0, 0.05) is 28.6 Å². The van der Waals surface area contributed by atoms with Gasteiger partial charge in [0.25, 0.3) is 0 Å². The minimum Gasteiger partial charge on any atom is -0.338 e. The number of nitrogens with one attached hydrogen (secondary N) is 2. The molecule has 2 amide bonds. The van der Waals surface area contributed by atoms with Crippen LogP contribution in [0.4, 0.5) is 10.5 Å². The van der Waals surface area contributed by atoms with E-state index in [-0.39, 0.29) is 6.03 Å². The maximum atomic E-state index is 12.2. The third-order valence-corrected chi connectivity index (χ3v) is 5.26. The van der Waals surface area contributed by atoms with Gasteiger partial charge in [-0.3, -0.25) is 4.98 Å². The standard InChI is InChI=1S/C24H26BrN3O/c1-17(14-19-4-3-5-22(25)16-19)10-12-27-24(29)28-23-8-6-20(7-9-23)21-11-13-26-18(2)15-21/h3-9,11,13,15-17H,10,12,14H2,1-2H3,(H2,27,28,29). The van der Waals surface area contributed by atoms with Crippen LogP contribution in [0, 0.1) is 12.8 Å². The molecule has 0 aliphatic rings. The number of benzene rings is 2. The van der Waals surface area contributed by atoms with Crippen LogP contribution in [-0.2, 0) is 6.42 Å². The zero-order valence-corrected chi connectivity index (χ0v) is 18.4. The first-order chi connectivity index (χ1) is 14.0. The molecule has 5 heteroatoms. The maximum absolute atomic E-state index is 12.2. The number of amides is 2. The maximum Gasteiger partial charge on any atom is 0.319 e. The van der Waals surface area contributed by atoms with Crippen LogP contribution >= 0.6 is 15.9 Å². The molecule has 2 aromatic carbocycles. The molecule has 0 saturated carbocycles. The molecule has 2 N–H and O–H groups in total. The van der Waals surface area contributed by atoms with Gasteiger partial charge >= 0.3 is 6.03 Å². The van der Waals surface area contributed by atoms with E-state index in [9.17, 15) is 4.79 Å². The Bertz CT molecular complexity index is 956. The lowest BCUT2D eigenvalue weighted by atomic mass is 9.98. The molecule has 0 spiro atoms. The van der Waals surface area contributed by atoms with Crippen molar-refractivity contribution in [3.8, 4) is 11.1 Å². The van der Waals surface area contributed by atoms with Crippen LogP contribution in [0.3, 0.4) is 0 Å². The fourth-order valence-corrected chi connectivity index (χ4v) is 3.69. The predicted octanol–water partition coefficient (Wildman–Crippen LogP) is 6.21. The average molecular weight is 452 g/mol. The Kier molecular flexibility index (Phi) is 7.42. The molecule has 3 aromatic rings. The number of carbonyl (C=O) groups is 1. The van der Waals surface area contributed by atoms with Crippen LogP contribution < -0.4 is 10.6 Å². The Balaban J connectivity index is 1.43. The van der Waals surface area contributed by atoms with Gasteiger partial charge in [0.15, 0.2) is 0 Å². The molecule has 1 aromatic heterocycles. The van der Waals surface area contributed by atoms with Gasteiger partial charge in [0.1, 0.15) is 0 Å².